The van der Waals surface area contributed by atoms with E-state index in [0.717, 1.165) is 32.7 Å². The molecule has 0 N–H and O–H groups in total. The van der Waals surface area contributed by atoms with Crippen molar-refractivity contribution >= 4 is 10.0 Å². The third kappa shape index (κ3) is 5.92. The van der Waals surface area contributed by atoms with Gasteiger partial charge in [0.25, 0.3) is 0 Å². The number of hydrogen-bond acceptors (Lipinski definition) is 6. The monoisotopic (exact) mass is 425 g/mol. The summed E-state index contributed by atoms with van der Waals surface area (Å²) in [7, 11) is -0.336. The normalized spacial score (nSPS) is 26.9. The molecule has 2 heterocycles. The van der Waals surface area contributed by atoms with Gasteiger partial charge in [-0.1, -0.05) is 0 Å². The minimum atomic E-state index is -3.40. The lowest BCUT2D eigenvalue weighted by Crippen LogP contribution is -2.50. The van der Waals surface area contributed by atoms with Crippen molar-refractivity contribution in [1.82, 2.24) is 14.1 Å². The van der Waals surface area contributed by atoms with Crippen LogP contribution in [-0.2, 0) is 14.8 Å². The van der Waals surface area contributed by atoms with Crippen LogP contribution in [0.4, 0.5) is 0 Å². The second kappa shape index (κ2) is 9.75. The molecule has 1 aromatic carbocycles. The van der Waals surface area contributed by atoms with E-state index in [1.807, 2.05) is 0 Å². The van der Waals surface area contributed by atoms with E-state index in [2.05, 4.69) is 23.6 Å². The number of morpholine rings is 1. The van der Waals surface area contributed by atoms with Crippen LogP contribution < -0.4 is 4.74 Å². The molecule has 0 aromatic heterocycles. The second-order valence-electron chi connectivity index (χ2n) is 8.42. The van der Waals surface area contributed by atoms with E-state index in [0.29, 0.717) is 30.6 Å². The molecule has 0 aliphatic carbocycles. The Bertz CT molecular complexity index is 744. The van der Waals surface area contributed by atoms with Gasteiger partial charge in [-0.05, 0) is 57.5 Å². The lowest BCUT2D eigenvalue weighted by atomic mass is 10.1. The highest BCUT2D eigenvalue weighted by Crippen LogP contribution is 2.21. The Balaban J connectivity index is 1.47. The maximum absolute atomic E-state index is 12.1. The second-order valence-corrected chi connectivity index (χ2v) is 10.6. The predicted molar refractivity (Wildman–Crippen MR) is 114 cm³/mol. The van der Waals surface area contributed by atoms with E-state index < -0.39 is 10.0 Å². The fourth-order valence-electron chi connectivity index (χ4n) is 4.33. The van der Waals surface area contributed by atoms with Gasteiger partial charge < -0.3 is 9.47 Å². The fraction of sp³-hybridized carbons (Fsp3) is 0.714. The Kier molecular flexibility index (Phi) is 7.56. The number of sulfonamides is 1. The zero-order valence-electron chi connectivity index (χ0n) is 18.1. The molecule has 29 heavy (non-hydrogen) atoms. The topological polar surface area (TPSA) is 62.3 Å². The van der Waals surface area contributed by atoms with Crippen molar-refractivity contribution in [1.29, 1.82) is 0 Å². The van der Waals surface area contributed by atoms with Crippen LogP contribution in [-0.4, -0.2) is 94.2 Å². The summed E-state index contributed by atoms with van der Waals surface area (Å²) in [6.07, 6.45) is 3.07. The number of hydrogen-bond donors (Lipinski definition) is 0. The van der Waals surface area contributed by atoms with Crippen LogP contribution in [0.1, 0.15) is 26.7 Å². The first kappa shape index (κ1) is 22.5. The van der Waals surface area contributed by atoms with Gasteiger partial charge in [-0.15, -0.1) is 0 Å². The Hall–Kier alpha value is -1.19. The summed E-state index contributed by atoms with van der Waals surface area (Å²) in [5, 5.41) is 0. The van der Waals surface area contributed by atoms with E-state index in [1.165, 1.54) is 31.2 Å². The molecule has 0 bridgehead atoms. The molecule has 1 aromatic rings. The van der Waals surface area contributed by atoms with Crippen molar-refractivity contribution < 1.29 is 17.9 Å². The smallest absolute Gasteiger partial charge is 0.242 e. The molecule has 7 nitrogen and oxygen atoms in total. The summed E-state index contributed by atoms with van der Waals surface area (Å²) in [6, 6.07) is 7.24. The van der Waals surface area contributed by atoms with Gasteiger partial charge in [0, 0.05) is 46.3 Å². The molecule has 2 saturated heterocycles. The molecule has 3 rings (SSSR count). The third-order valence-corrected chi connectivity index (χ3v) is 7.54. The van der Waals surface area contributed by atoms with Crippen LogP contribution in [0.2, 0.25) is 0 Å². The van der Waals surface area contributed by atoms with Gasteiger partial charge in [0.15, 0.2) is 0 Å². The first-order valence-electron chi connectivity index (χ1n) is 10.5. The number of benzene rings is 1. The lowest BCUT2D eigenvalue weighted by molar-refractivity contribution is -0.0724. The van der Waals surface area contributed by atoms with Crippen LogP contribution in [0, 0.1) is 0 Å². The molecular weight excluding hydrogens is 390 g/mol. The molecule has 0 amide bonds. The minimum absolute atomic E-state index is 0.281. The van der Waals surface area contributed by atoms with Crippen LogP contribution in [0.3, 0.4) is 0 Å². The molecule has 164 valence electrons. The third-order valence-electron chi connectivity index (χ3n) is 5.71. The van der Waals surface area contributed by atoms with E-state index in [-0.39, 0.29) is 4.90 Å². The van der Waals surface area contributed by atoms with Gasteiger partial charge in [-0.2, -0.15) is 0 Å². The van der Waals surface area contributed by atoms with Gasteiger partial charge in [0.05, 0.1) is 17.1 Å². The quantitative estimate of drug-likeness (QED) is 0.634. The predicted octanol–water partition coefficient (Wildman–Crippen LogP) is 1.89. The summed E-state index contributed by atoms with van der Waals surface area (Å²) in [4.78, 5) is 5.34. The van der Waals surface area contributed by atoms with Gasteiger partial charge in [0.1, 0.15) is 12.4 Å². The summed E-state index contributed by atoms with van der Waals surface area (Å²) in [5.74, 6) is 0.703. The van der Waals surface area contributed by atoms with Crippen molar-refractivity contribution in [2.45, 2.75) is 49.8 Å². The van der Waals surface area contributed by atoms with E-state index in [4.69, 9.17) is 9.47 Å². The largest absolute Gasteiger partial charge is 0.492 e. The maximum atomic E-state index is 12.1. The zero-order valence-corrected chi connectivity index (χ0v) is 18.9. The van der Waals surface area contributed by atoms with E-state index >= 15 is 0 Å². The Morgan fingerprint density at radius 1 is 1.14 bits per heavy atom. The molecule has 2 fully saturated rings. The van der Waals surface area contributed by atoms with Gasteiger partial charge in [-0.3, -0.25) is 9.80 Å². The highest BCUT2D eigenvalue weighted by molar-refractivity contribution is 7.89. The highest BCUT2D eigenvalue weighted by atomic mass is 32.2. The average Bonchev–Trinajstić information content (AvgIpc) is 3.08. The molecule has 3 atom stereocenters. The standard InChI is InChI=1S/C21H35N3O4S/c1-17-14-23(15-18(2)28-17)16-19-6-5-11-24(19)12-13-27-20-7-9-21(10-8-20)29(25,26)22(3)4/h7-10,17-19H,5-6,11-16H2,1-4H3. The summed E-state index contributed by atoms with van der Waals surface area (Å²) in [6.45, 7) is 10.0. The first-order valence-corrected chi connectivity index (χ1v) is 12.0. The Morgan fingerprint density at radius 3 is 2.41 bits per heavy atom. The molecule has 0 radical (unpaired) electrons. The molecular formula is C21H35N3O4S. The number of likely N-dealkylation sites (tertiary alicyclic amines) is 1. The molecule has 2 aliphatic rings. The summed E-state index contributed by atoms with van der Waals surface area (Å²) < 4.78 is 37.2. The van der Waals surface area contributed by atoms with Crippen LogP contribution in [0.25, 0.3) is 0 Å². The van der Waals surface area contributed by atoms with Crippen molar-refractivity contribution in [2.75, 3.05) is 53.4 Å². The zero-order chi connectivity index (χ0) is 21.0. The minimum Gasteiger partial charge on any atom is -0.492 e. The average molecular weight is 426 g/mol. The Labute approximate surface area is 175 Å². The summed E-state index contributed by atoms with van der Waals surface area (Å²) >= 11 is 0. The fourth-order valence-corrected chi connectivity index (χ4v) is 5.23. The van der Waals surface area contributed by atoms with Gasteiger partial charge >= 0.3 is 0 Å². The molecule has 0 saturated carbocycles. The molecule has 0 spiro atoms. The molecule has 3 unspecified atom stereocenters. The van der Waals surface area contributed by atoms with E-state index in [1.54, 1.807) is 24.3 Å². The number of nitrogens with zero attached hydrogens (tertiary/aromatic N) is 3. The van der Waals surface area contributed by atoms with Crippen LogP contribution in [0.5, 0.6) is 5.75 Å². The first-order chi connectivity index (χ1) is 13.8. The van der Waals surface area contributed by atoms with Crippen molar-refractivity contribution in [2.24, 2.45) is 0 Å². The SMILES string of the molecule is CC1CN(CC2CCCN2CCOc2ccc(S(=O)(=O)N(C)C)cc2)CC(C)O1. The van der Waals surface area contributed by atoms with Crippen molar-refractivity contribution in [3.8, 4) is 5.75 Å². The van der Waals surface area contributed by atoms with Gasteiger partial charge in [-0.25, -0.2) is 12.7 Å². The summed E-state index contributed by atoms with van der Waals surface area (Å²) in [5.41, 5.74) is 0. The lowest BCUT2D eigenvalue weighted by Gasteiger charge is -2.38. The number of ether oxygens (including phenoxy) is 2. The number of rotatable bonds is 8. The van der Waals surface area contributed by atoms with Crippen molar-refractivity contribution in [3.63, 3.8) is 0 Å². The van der Waals surface area contributed by atoms with Crippen LogP contribution in [0.15, 0.2) is 29.2 Å². The molecule has 8 heteroatoms. The molecule has 2 aliphatic heterocycles. The van der Waals surface area contributed by atoms with Gasteiger partial charge in [0.2, 0.25) is 10.0 Å². The highest BCUT2D eigenvalue weighted by Gasteiger charge is 2.29. The van der Waals surface area contributed by atoms with E-state index in [9.17, 15) is 8.42 Å². The maximum Gasteiger partial charge on any atom is 0.242 e. The Morgan fingerprint density at radius 2 is 1.79 bits per heavy atom. The van der Waals surface area contributed by atoms with Crippen molar-refractivity contribution in [3.05, 3.63) is 24.3 Å². The van der Waals surface area contributed by atoms with Crippen LogP contribution >= 0.6 is 0 Å².